The van der Waals surface area contributed by atoms with Crippen LogP contribution in [0.1, 0.15) is 10.4 Å². The van der Waals surface area contributed by atoms with Crippen molar-refractivity contribution in [3.05, 3.63) is 72.7 Å². The first kappa shape index (κ1) is 12.9. The zero-order chi connectivity index (χ0) is 14.5. The van der Waals surface area contributed by atoms with E-state index in [-0.39, 0.29) is 5.91 Å². The number of hydrogen-bond acceptors (Lipinski definition) is 4. The molecule has 21 heavy (non-hydrogen) atoms. The van der Waals surface area contributed by atoms with E-state index in [1.54, 1.807) is 36.8 Å². The second-order valence-corrected chi connectivity index (χ2v) is 4.29. The van der Waals surface area contributed by atoms with Crippen molar-refractivity contribution in [1.82, 2.24) is 15.0 Å². The molecule has 1 N–H and O–H groups in total. The van der Waals surface area contributed by atoms with Gasteiger partial charge in [0.1, 0.15) is 5.69 Å². The Bertz CT molecular complexity index is 744. The first-order chi connectivity index (χ1) is 10.3. The van der Waals surface area contributed by atoms with Gasteiger partial charge in [-0.15, -0.1) is 0 Å². The van der Waals surface area contributed by atoms with Crippen LogP contribution in [-0.4, -0.2) is 20.9 Å². The predicted molar refractivity (Wildman–Crippen MR) is 79.7 cm³/mol. The van der Waals surface area contributed by atoms with Gasteiger partial charge in [-0.3, -0.25) is 9.78 Å². The van der Waals surface area contributed by atoms with E-state index in [2.05, 4.69) is 20.3 Å². The van der Waals surface area contributed by atoms with Gasteiger partial charge in [0.15, 0.2) is 5.82 Å². The molecule has 102 valence electrons. The number of rotatable bonds is 3. The van der Waals surface area contributed by atoms with E-state index in [0.717, 1.165) is 5.69 Å². The molecule has 1 amide bonds. The summed E-state index contributed by atoms with van der Waals surface area (Å²) in [4.78, 5) is 24.9. The fourth-order valence-electron chi connectivity index (χ4n) is 1.91. The van der Waals surface area contributed by atoms with Crippen LogP contribution < -0.4 is 5.32 Å². The molecule has 0 bridgehead atoms. The molecule has 0 aliphatic heterocycles. The number of amides is 1. The van der Waals surface area contributed by atoms with E-state index in [4.69, 9.17) is 0 Å². The highest BCUT2D eigenvalue weighted by molar-refractivity contribution is 6.07. The topological polar surface area (TPSA) is 67.8 Å². The largest absolute Gasteiger partial charge is 0.322 e. The second-order valence-electron chi connectivity index (χ2n) is 4.29. The van der Waals surface area contributed by atoms with Crippen molar-refractivity contribution in [2.45, 2.75) is 0 Å². The molecule has 0 saturated heterocycles. The molecule has 0 saturated carbocycles. The first-order valence-electron chi connectivity index (χ1n) is 6.43. The standard InChI is InChI=1S/C16H12N4O/c21-16(20-12-6-2-1-3-7-12)13-8-4-9-17-14(13)15-18-10-5-11-19-15/h1-11H,(H,20,21). The SMILES string of the molecule is O=C(Nc1ccccc1)c1cccnc1-c1ncccn1. The third-order valence-electron chi connectivity index (χ3n) is 2.86. The maximum absolute atomic E-state index is 12.4. The van der Waals surface area contributed by atoms with Gasteiger partial charge >= 0.3 is 0 Å². The molecular weight excluding hydrogens is 264 g/mol. The molecule has 0 spiro atoms. The van der Waals surface area contributed by atoms with E-state index in [1.165, 1.54) is 0 Å². The quantitative estimate of drug-likeness (QED) is 0.798. The van der Waals surface area contributed by atoms with Crippen LogP contribution in [0, 0.1) is 0 Å². The number of carbonyl (C=O) groups excluding carboxylic acids is 1. The molecule has 0 unspecified atom stereocenters. The zero-order valence-corrected chi connectivity index (χ0v) is 11.1. The molecule has 3 rings (SSSR count). The smallest absolute Gasteiger partial charge is 0.257 e. The molecule has 5 heteroatoms. The summed E-state index contributed by atoms with van der Waals surface area (Å²) >= 11 is 0. The van der Waals surface area contributed by atoms with Crippen molar-refractivity contribution in [3.63, 3.8) is 0 Å². The Morgan fingerprint density at radius 3 is 2.29 bits per heavy atom. The summed E-state index contributed by atoms with van der Waals surface area (Å²) in [5, 5.41) is 2.83. The average Bonchev–Trinajstić information content (AvgIpc) is 2.56. The Kier molecular flexibility index (Phi) is 3.64. The lowest BCUT2D eigenvalue weighted by atomic mass is 10.1. The highest BCUT2D eigenvalue weighted by Crippen LogP contribution is 2.18. The van der Waals surface area contributed by atoms with Gasteiger partial charge in [0.05, 0.1) is 5.56 Å². The Hall–Kier alpha value is -3.08. The van der Waals surface area contributed by atoms with Gasteiger partial charge in [-0.05, 0) is 30.3 Å². The van der Waals surface area contributed by atoms with Crippen molar-refractivity contribution in [3.8, 4) is 11.5 Å². The highest BCUT2D eigenvalue weighted by Gasteiger charge is 2.15. The van der Waals surface area contributed by atoms with Crippen molar-refractivity contribution in [2.24, 2.45) is 0 Å². The number of benzene rings is 1. The molecule has 0 aliphatic rings. The number of nitrogens with one attached hydrogen (secondary N) is 1. The third kappa shape index (κ3) is 2.92. The summed E-state index contributed by atoms with van der Waals surface area (Å²) in [5.74, 6) is 0.188. The lowest BCUT2D eigenvalue weighted by molar-refractivity contribution is 0.102. The summed E-state index contributed by atoms with van der Waals surface area (Å²) in [7, 11) is 0. The summed E-state index contributed by atoms with van der Waals surface area (Å²) in [5.41, 5.74) is 1.63. The minimum Gasteiger partial charge on any atom is -0.322 e. The summed E-state index contributed by atoms with van der Waals surface area (Å²) < 4.78 is 0. The fourth-order valence-corrected chi connectivity index (χ4v) is 1.91. The van der Waals surface area contributed by atoms with E-state index in [9.17, 15) is 4.79 Å². The van der Waals surface area contributed by atoms with Crippen LogP contribution in [-0.2, 0) is 0 Å². The van der Waals surface area contributed by atoms with E-state index >= 15 is 0 Å². The molecule has 0 aliphatic carbocycles. The molecule has 2 heterocycles. The maximum atomic E-state index is 12.4. The molecule has 1 aromatic carbocycles. The van der Waals surface area contributed by atoms with Gasteiger partial charge in [-0.2, -0.15) is 0 Å². The third-order valence-corrected chi connectivity index (χ3v) is 2.86. The van der Waals surface area contributed by atoms with Crippen LogP contribution in [0.3, 0.4) is 0 Å². The van der Waals surface area contributed by atoms with Gasteiger partial charge in [-0.1, -0.05) is 18.2 Å². The molecule has 5 nitrogen and oxygen atoms in total. The average molecular weight is 276 g/mol. The van der Waals surface area contributed by atoms with E-state index < -0.39 is 0 Å². The van der Waals surface area contributed by atoms with Gasteiger partial charge in [0.25, 0.3) is 5.91 Å². The Morgan fingerprint density at radius 2 is 1.52 bits per heavy atom. The number of pyridine rings is 1. The summed E-state index contributed by atoms with van der Waals surface area (Å²) in [6.07, 6.45) is 4.86. The Labute approximate surface area is 121 Å². The van der Waals surface area contributed by atoms with E-state index in [0.29, 0.717) is 17.1 Å². The van der Waals surface area contributed by atoms with Crippen molar-refractivity contribution in [1.29, 1.82) is 0 Å². The van der Waals surface area contributed by atoms with Crippen LogP contribution in [0.25, 0.3) is 11.5 Å². The van der Waals surface area contributed by atoms with Crippen molar-refractivity contribution in [2.75, 3.05) is 5.32 Å². The molecule has 0 radical (unpaired) electrons. The minimum atomic E-state index is -0.239. The number of anilines is 1. The number of aromatic nitrogens is 3. The van der Waals surface area contributed by atoms with Gasteiger partial charge in [0, 0.05) is 24.3 Å². The molecule has 2 aromatic heterocycles. The van der Waals surface area contributed by atoms with Gasteiger partial charge in [-0.25, -0.2) is 9.97 Å². The number of carbonyl (C=O) groups is 1. The number of nitrogens with zero attached hydrogens (tertiary/aromatic N) is 3. The highest BCUT2D eigenvalue weighted by atomic mass is 16.1. The van der Waals surface area contributed by atoms with Gasteiger partial charge < -0.3 is 5.32 Å². The molecule has 0 fully saturated rings. The van der Waals surface area contributed by atoms with Crippen molar-refractivity contribution >= 4 is 11.6 Å². The van der Waals surface area contributed by atoms with E-state index in [1.807, 2.05) is 30.3 Å². The summed E-state index contributed by atoms with van der Waals surface area (Å²) in [6.45, 7) is 0. The molecular formula is C16H12N4O. The normalized spacial score (nSPS) is 10.1. The minimum absolute atomic E-state index is 0.239. The maximum Gasteiger partial charge on any atom is 0.257 e. The predicted octanol–water partition coefficient (Wildman–Crippen LogP) is 2.79. The monoisotopic (exact) mass is 276 g/mol. The van der Waals surface area contributed by atoms with Crippen LogP contribution in [0.2, 0.25) is 0 Å². The second kappa shape index (κ2) is 5.92. The first-order valence-corrected chi connectivity index (χ1v) is 6.43. The molecule has 0 atom stereocenters. The lowest BCUT2D eigenvalue weighted by Gasteiger charge is -2.08. The van der Waals surface area contributed by atoms with Crippen LogP contribution in [0.15, 0.2) is 67.1 Å². The summed E-state index contributed by atoms with van der Waals surface area (Å²) in [6, 6.07) is 14.4. The van der Waals surface area contributed by atoms with Crippen molar-refractivity contribution < 1.29 is 4.79 Å². The lowest BCUT2D eigenvalue weighted by Crippen LogP contribution is -2.14. The number of hydrogen-bond donors (Lipinski definition) is 1. The Balaban J connectivity index is 1.94. The van der Waals surface area contributed by atoms with Crippen LogP contribution >= 0.6 is 0 Å². The van der Waals surface area contributed by atoms with Crippen LogP contribution in [0.4, 0.5) is 5.69 Å². The fraction of sp³-hybridized carbons (Fsp3) is 0. The van der Waals surface area contributed by atoms with Gasteiger partial charge in [0.2, 0.25) is 0 Å². The molecule has 3 aromatic rings. The number of para-hydroxylation sites is 1. The Morgan fingerprint density at radius 1 is 0.810 bits per heavy atom. The van der Waals surface area contributed by atoms with Crippen LogP contribution in [0.5, 0.6) is 0 Å². The zero-order valence-electron chi connectivity index (χ0n) is 11.1.